The Hall–Kier alpha value is -2.64. The third-order valence-corrected chi connectivity index (χ3v) is 3.09. The number of hydrogen-bond acceptors (Lipinski definition) is 4. The van der Waals surface area contributed by atoms with Crippen LogP contribution < -0.4 is 4.90 Å². The Morgan fingerprint density at radius 1 is 1.25 bits per heavy atom. The van der Waals surface area contributed by atoms with Crippen molar-refractivity contribution in [3.05, 3.63) is 41.5 Å². The van der Waals surface area contributed by atoms with Crippen molar-refractivity contribution in [2.24, 2.45) is 7.05 Å². The van der Waals surface area contributed by atoms with Gasteiger partial charge in [0.15, 0.2) is 11.6 Å². The molecule has 20 heavy (non-hydrogen) atoms. The Labute approximate surface area is 111 Å². The maximum absolute atomic E-state index is 13.8. The van der Waals surface area contributed by atoms with Crippen LogP contribution in [0.4, 0.5) is 14.5 Å². The van der Waals surface area contributed by atoms with Crippen molar-refractivity contribution in [3.8, 4) is 0 Å². The van der Waals surface area contributed by atoms with Gasteiger partial charge in [0.1, 0.15) is 12.1 Å². The van der Waals surface area contributed by atoms with Gasteiger partial charge in [0, 0.05) is 13.1 Å². The van der Waals surface area contributed by atoms with Crippen molar-refractivity contribution >= 4 is 17.4 Å². The van der Waals surface area contributed by atoms with Crippen LogP contribution in [0.25, 0.3) is 0 Å². The summed E-state index contributed by atoms with van der Waals surface area (Å²) in [6.07, 6.45) is 1.42. The molecule has 0 aliphatic carbocycles. The fourth-order valence-electron chi connectivity index (χ4n) is 2.10. The van der Waals surface area contributed by atoms with Crippen LogP contribution in [-0.2, 0) is 18.4 Å². The number of benzene rings is 1. The van der Waals surface area contributed by atoms with E-state index in [1.165, 1.54) is 10.9 Å². The van der Waals surface area contributed by atoms with Crippen LogP contribution >= 0.6 is 0 Å². The summed E-state index contributed by atoms with van der Waals surface area (Å²) in [4.78, 5) is 24.6. The quantitative estimate of drug-likeness (QED) is 0.763. The molecule has 1 aromatic heterocycles. The molecule has 1 aliphatic rings. The minimum absolute atomic E-state index is 0.114. The van der Waals surface area contributed by atoms with Gasteiger partial charge >= 0.3 is 0 Å². The molecule has 0 radical (unpaired) electrons. The lowest BCUT2D eigenvalue weighted by Gasteiger charge is -2.16. The number of nitrogens with zero attached hydrogens (tertiary/aromatic N) is 4. The standard InChI is InChI=1S/C12H8F2N4O2/c1-17-5-15-16-9(17)4-18-10-7(11(19)12(18)20)2-6(13)3-8(10)14/h2-3,5H,4H2,1H3. The number of carbonyl (C=O) groups is 2. The van der Waals surface area contributed by atoms with Gasteiger partial charge in [-0.25, -0.2) is 8.78 Å². The lowest BCUT2D eigenvalue weighted by molar-refractivity contribution is -0.114. The van der Waals surface area contributed by atoms with E-state index in [0.29, 0.717) is 11.9 Å². The Balaban J connectivity index is 2.09. The maximum atomic E-state index is 13.8. The molecule has 8 heteroatoms. The van der Waals surface area contributed by atoms with E-state index < -0.39 is 23.3 Å². The van der Waals surface area contributed by atoms with Crippen LogP contribution in [0.5, 0.6) is 0 Å². The molecule has 0 saturated carbocycles. The molecule has 1 aliphatic heterocycles. The zero-order chi connectivity index (χ0) is 14.4. The number of hydrogen-bond donors (Lipinski definition) is 0. The topological polar surface area (TPSA) is 68.1 Å². The van der Waals surface area contributed by atoms with Gasteiger partial charge in [0.2, 0.25) is 0 Å². The molecule has 2 heterocycles. The number of carbonyl (C=O) groups excluding carboxylic acids is 2. The van der Waals surface area contributed by atoms with Crippen LogP contribution in [0.2, 0.25) is 0 Å². The highest BCUT2D eigenvalue weighted by Crippen LogP contribution is 2.33. The molecule has 1 amide bonds. The van der Waals surface area contributed by atoms with Crippen LogP contribution in [0.1, 0.15) is 16.2 Å². The number of ketones is 1. The van der Waals surface area contributed by atoms with Crippen molar-refractivity contribution in [3.63, 3.8) is 0 Å². The summed E-state index contributed by atoms with van der Waals surface area (Å²) in [7, 11) is 1.65. The predicted molar refractivity (Wildman–Crippen MR) is 62.9 cm³/mol. The third kappa shape index (κ3) is 1.68. The first kappa shape index (κ1) is 12.4. The third-order valence-electron chi connectivity index (χ3n) is 3.09. The maximum Gasteiger partial charge on any atom is 0.299 e. The second-order valence-electron chi connectivity index (χ2n) is 4.36. The average Bonchev–Trinajstić information content (AvgIpc) is 2.88. The molecule has 2 aromatic rings. The van der Waals surface area contributed by atoms with Crippen LogP contribution in [0.3, 0.4) is 0 Å². The first-order valence-electron chi connectivity index (χ1n) is 5.67. The molecular weight excluding hydrogens is 270 g/mol. The van der Waals surface area contributed by atoms with Gasteiger partial charge in [0.25, 0.3) is 11.7 Å². The van der Waals surface area contributed by atoms with Crippen molar-refractivity contribution < 1.29 is 18.4 Å². The van der Waals surface area contributed by atoms with Crippen LogP contribution in [0, 0.1) is 11.6 Å². The first-order valence-corrected chi connectivity index (χ1v) is 5.67. The van der Waals surface area contributed by atoms with E-state index in [9.17, 15) is 18.4 Å². The summed E-state index contributed by atoms with van der Waals surface area (Å²) in [5.74, 6) is -3.32. The largest absolute Gasteiger partial charge is 0.319 e. The Morgan fingerprint density at radius 2 is 2.00 bits per heavy atom. The van der Waals surface area contributed by atoms with E-state index in [4.69, 9.17) is 0 Å². The number of Topliss-reactive ketones (excluding diaryl/α,β-unsaturated/α-hetero) is 1. The molecule has 3 rings (SSSR count). The smallest absolute Gasteiger partial charge is 0.299 e. The molecule has 0 atom stereocenters. The molecule has 0 N–H and O–H groups in total. The molecule has 0 unspecified atom stereocenters. The summed E-state index contributed by atoms with van der Waals surface area (Å²) in [6, 6.07) is 1.49. The van der Waals surface area contributed by atoms with Crippen LogP contribution in [0.15, 0.2) is 18.5 Å². The number of halogens is 2. The van der Waals surface area contributed by atoms with Gasteiger partial charge in [-0.2, -0.15) is 0 Å². The molecule has 0 saturated heterocycles. The minimum atomic E-state index is -0.957. The highest BCUT2D eigenvalue weighted by molar-refractivity contribution is 6.52. The van der Waals surface area contributed by atoms with E-state index in [1.807, 2.05) is 0 Å². The van der Waals surface area contributed by atoms with Gasteiger partial charge in [-0.05, 0) is 6.07 Å². The van der Waals surface area contributed by atoms with Crippen molar-refractivity contribution in [1.82, 2.24) is 14.8 Å². The summed E-state index contributed by atoms with van der Waals surface area (Å²) >= 11 is 0. The van der Waals surface area contributed by atoms with Gasteiger partial charge in [-0.15, -0.1) is 10.2 Å². The number of anilines is 1. The van der Waals surface area contributed by atoms with Gasteiger partial charge in [0.05, 0.1) is 17.8 Å². The monoisotopic (exact) mass is 278 g/mol. The first-order chi connectivity index (χ1) is 9.49. The average molecular weight is 278 g/mol. The van der Waals surface area contributed by atoms with Crippen molar-refractivity contribution in [2.75, 3.05) is 4.90 Å². The fraction of sp³-hybridized carbons (Fsp3) is 0.167. The highest BCUT2D eigenvalue weighted by atomic mass is 19.1. The minimum Gasteiger partial charge on any atom is -0.319 e. The number of rotatable bonds is 2. The van der Waals surface area contributed by atoms with E-state index >= 15 is 0 Å². The molecule has 0 bridgehead atoms. The van der Waals surface area contributed by atoms with Gasteiger partial charge in [-0.1, -0.05) is 0 Å². The summed E-state index contributed by atoms with van der Waals surface area (Å²) in [5.41, 5.74) is -0.487. The fourth-order valence-corrected chi connectivity index (χ4v) is 2.10. The normalized spacial score (nSPS) is 14.1. The molecule has 6 nitrogen and oxygen atoms in total. The zero-order valence-electron chi connectivity index (χ0n) is 10.3. The summed E-state index contributed by atoms with van der Waals surface area (Å²) in [5, 5.41) is 7.41. The molecule has 1 aromatic carbocycles. The SMILES string of the molecule is Cn1cnnc1CN1C(=O)C(=O)c2cc(F)cc(F)c21. The lowest BCUT2D eigenvalue weighted by Crippen LogP contribution is -2.30. The summed E-state index contributed by atoms with van der Waals surface area (Å²) < 4.78 is 28.5. The number of aromatic nitrogens is 3. The highest BCUT2D eigenvalue weighted by Gasteiger charge is 2.39. The van der Waals surface area contributed by atoms with E-state index in [2.05, 4.69) is 10.2 Å². The number of fused-ring (bicyclic) bond motifs is 1. The zero-order valence-corrected chi connectivity index (χ0v) is 10.3. The molecule has 0 fully saturated rings. The molecular formula is C12H8F2N4O2. The molecule has 102 valence electrons. The lowest BCUT2D eigenvalue weighted by atomic mass is 10.1. The Kier molecular flexibility index (Phi) is 2.60. The summed E-state index contributed by atoms with van der Waals surface area (Å²) in [6.45, 7) is -0.114. The molecule has 0 spiro atoms. The second-order valence-corrected chi connectivity index (χ2v) is 4.36. The van der Waals surface area contributed by atoms with Crippen molar-refractivity contribution in [2.45, 2.75) is 6.54 Å². The van der Waals surface area contributed by atoms with E-state index in [0.717, 1.165) is 11.0 Å². The van der Waals surface area contributed by atoms with E-state index in [1.54, 1.807) is 7.05 Å². The number of amides is 1. The van der Waals surface area contributed by atoms with Gasteiger partial charge < -0.3 is 4.57 Å². The Morgan fingerprint density at radius 3 is 2.65 bits per heavy atom. The number of aryl methyl sites for hydroxylation is 1. The van der Waals surface area contributed by atoms with E-state index in [-0.39, 0.29) is 17.8 Å². The van der Waals surface area contributed by atoms with Crippen LogP contribution in [-0.4, -0.2) is 26.5 Å². The van der Waals surface area contributed by atoms with Gasteiger partial charge in [-0.3, -0.25) is 14.5 Å². The van der Waals surface area contributed by atoms with Crippen molar-refractivity contribution in [1.29, 1.82) is 0 Å². The second kappa shape index (κ2) is 4.19. The predicted octanol–water partition coefficient (Wildman–Crippen LogP) is 0.823. The Bertz CT molecular complexity index is 741.